The van der Waals surface area contributed by atoms with E-state index in [-0.39, 0.29) is 5.56 Å². The largest absolute Gasteiger partial charge is 0.352 e. The van der Waals surface area contributed by atoms with E-state index in [0.717, 1.165) is 14.2 Å². The van der Waals surface area contributed by atoms with Gasteiger partial charge in [0.2, 0.25) is 11.1 Å². The van der Waals surface area contributed by atoms with Crippen molar-refractivity contribution in [2.24, 2.45) is 5.92 Å². The first kappa shape index (κ1) is 15.2. The van der Waals surface area contributed by atoms with Crippen LogP contribution >= 0.6 is 7.60 Å². The molecule has 1 aliphatic rings. The van der Waals surface area contributed by atoms with Crippen LogP contribution in [0.1, 0.15) is 5.56 Å². The van der Waals surface area contributed by atoms with Crippen LogP contribution in [0.2, 0.25) is 0 Å². The fourth-order valence-electron chi connectivity index (χ4n) is 2.56. The van der Waals surface area contributed by atoms with Crippen LogP contribution in [0.25, 0.3) is 0 Å². The summed E-state index contributed by atoms with van der Waals surface area (Å²) in [5, 5.41) is 19.1. The van der Waals surface area contributed by atoms with E-state index in [0.29, 0.717) is 5.69 Å². The molecule has 1 aromatic rings. The van der Waals surface area contributed by atoms with Crippen molar-refractivity contribution in [2.45, 2.75) is 5.16 Å². The smallest absolute Gasteiger partial charge is 0.324 e. The molecule has 108 valence electrons. The number of nitrogens with zero attached hydrogens (tertiary/aromatic N) is 2. The summed E-state index contributed by atoms with van der Waals surface area (Å²) in [5.41, 5.74) is 0.641. The maximum Gasteiger partial charge on any atom is 0.352 e. The lowest BCUT2D eigenvalue weighted by molar-refractivity contribution is -0.119. The third-order valence-electron chi connectivity index (χ3n) is 3.52. The highest BCUT2D eigenvalue weighted by Gasteiger charge is 2.66. The summed E-state index contributed by atoms with van der Waals surface area (Å²) in [6.45, 7) is 0. The molecule has 1 heterocycles. The minimum Gasteiger partial charge on any atom is -0.324 e. The first-order valence-corrected chi connectivity index (χ1v) is 7.48. The van der Waals surface area contributed by atoms with Gasteiger partial charge in [-0.1, -0.05) is 18.2 Å². The van der Waals surface area contributed by atoms with E-state index in [4.69, 9.17) is 9.05 Å². The molecule has 0 aliphatic carbocycles. The monoisotopic (exact) mass is 305 g/mol. The highest BCUT2D eigenvalue weighted by Crippen LogP contribution is 2.70. The highest BCUT2D eigenvalue weighted by atomic mass is 31.2. The van der Waals surface area contributed by atoms with E-state index in [1.165, 1.54) is 6.07 Å². The number of nitriles is 2. The summed E-state index contributed by atoms with van der Waals surface area (Å²) in [7, 11) is -1.86. The van der Waals surface area contributed by atoms with Crippen molar-refractivity contribution in [2.75, 3.05) is 19.5 Å². The van der Waals surface area contributed by atoms with Crippen molar-refractivity contribution < 1.29 is 18.4 Å². The second kappa shape index (κ2) is 5.31. The van der Waals surface area contributed by atoms with Gasteiger partial charge in [0.1, 0.15) is 0 Å². The maximum atomic E-state index is 13.0. The Kier molecular flexibility index (Phi) is 3.85. The number of nitrogens with one attached hydrogen (secondary N) is 1. The van der Waals surface area contributed by atoms with Gasteiger partial charge in [0, 0.05) is 25.5 Å². The molecule has 1 N–H and O–H groups in total. The average Bonchev–Trinajstić information content (AvgIpc) is 2.82. The van der Waals surface area contributed by atoms with Gasteiger partial charge in [-0.25, -0.2) is 0 Å². The van der Waals surface area contributed by atoms with Crippen LogP contribution in [-0.4, -0.2) is 20.1 Å². The molecule has 1 aromatic carbocycles. The molecule has 21 heavy (non-hydrogen) atoms. The summed E-state index contributed by atoms with van der Waals surface area (Å²) in [5.74, 6) is -2.27. The van der Waals surface area contributed by atoms with Crippen molar-refractivity contribution in [1.29, 1.82) is 10.5 Å². The minimum atomic E-state index is -4.09. The van der Waals surface area contributed by atoms with Gasteiger partial charge < -0.3 is 14.4 Å². The second-order valence-corrected chi connectivity index (χ2v) is 6.75. The molecular weight excluding hydrogens is 293 g/mol. The van der Waals surface area contributed by atoms with Crippen LogP contribution < -0.4 is 5.32 Å². The predicted molar refractivity (Wildman–Crippen MR) is 73.1 cm³/mol. The van der Waals surface area contributed by atoms with Gasteiger partial charge >= 0.3 is 7.60 Å². The molecule has 0 bridgehead atoms. The van der Waals surface area contributed by atoms with Crippen LogP contribution in [-0.2, 0) is 23.6 Å². The molecule has 0 aromatic heterocycles. The van der Waals surface area contributed by atoms with E-state index in [1.54, 1.807) is 30.3 Å². The summed E-state index contributed by atoms with van der Waals surface area (Å²) in [6.07, 6.45) is 0. The number of amides is 1. The Labute approximate surface area is 121 Å². The Morgan fingerprint density at radius 2 is 1.81 bits per heavy atom. The Morgan fingerprint density at radius 3 is 2.33 bits per heavy atom. The number of para-hydroxylation sites is 1. The van der Waals surface area contributed by atoms with Gasteiger partial charge in [0.05, 0.1) is 12.1 Å². The normalized spacial score (nSPS) is 20.5. The van der Waals surface area contributed by atoms with Gasteiger partial charge in [0.15, 0.2) is 5.92 Å². The number of carbonyl (C=O) groups is 1. The molecule has 8 heteroatoms. The Bertz CT molecular complexity index is 699. The van der Waals surface area contributed by atoms with Crippen molar-refractivity contribution in [3.63, 3.8) is 0 Å². The van der Waals surface area contributed by atoms with Crippen LogP contribution in [0.15, 0.2) is 24.3 Å². The van der Waals surface area contributed by atoms with Gasteiger partial charge in [-0.05, 0) is 6.07 Å². The molecule has 0 saturated carbocycles. The van der Waals surface area contributed by atoms with Gasteiger partial charge in [-0.15, -0.1) is 0 Å². The lowest BCUT2D eigenvalue weighted by Gasteiger charge is -2.33. The second-order valence-electron chi connectivity index (χ2n) is 4.32. The van der Waals surface area contributed by atoms with Crippen molar-refractivity contribution in [1.82, 2.24) is 0 Å². The number of rotatable bonds is 4. The van der Waals surface area contributed by atoms with Crippen LogP contribution in [0.3, 0.4) is 0 Å². The van der Waals surface area contributed by atoms with E-state index >= 15 is 0 Å². The molecule has 2 rings (SSSR count). The lowest BCUT2D eigenvalue weighted by atomic mass is 9.87. The minimum absolute atomic E-state index is 0.259. The summed E-state index contributed by atoms with van der Waals surface area (Å²) < 4.78 is 22.9. The van der Waals surface area contributed by atoms with Gasteiger partial charge in [0.25, 0.3) is 0 Å². The topological polar surface area (TPSA) is 112 Å². The average molecular weight is 305 g/mol. The van der Waals surface area contributed by atoms with Crippen LogP contribution in [0.5, 0.6) is 0 Å². The molecule has 1 amide bonds. The molecule has 0 radical (unpaired) electrons. The lowest BCUT2D eigenvalue weighted by Crippen LogP contribution is -2.41. The predicted octanol–water partition coefficient (Wildman–Crippen LogP) is 1.98. The van der Waals surface area contributed by atoms with Gasteiger partial charge in [-0.3, -0.25) is 9.36 Å². The zero-order valence-corrected chi connectivity index (χ0v) is 12.3. The highest BCUT2D eigenvalue weighted by molar-refractivity contribution is 7.56. The molecule has 0 unspecified atom stereocenters. The number of carbonyl (C=O) groups excluding carboxylic acids is 1. The molecular formula is C13H12N3O4P. The number of hydrogen-bond donors (Lipinski definition) is 1. The third-order valence-corrected chi connectivity index (χ3v) is 6.05. The SMILES string of the molecule is COP(=O)(OC)[C@]1(C(C#N)C#N)C(=O)Nc2ccccc21. The number of hydrogen-bond acceptors (Lipinski definition) is 6. The van der Waals surface area contributed by atoms with E-state index in [1.807, 2.05) is 0 Å². The van der Waals surface area contributed by atoms with Gasteiger partial charge in [-0.2, -0.15) is 10.5 Å². The Morgan fingerprint density at radius 1 is 1.24 bits per heavy atom. The quantitative estimate of drug-likeness (QED) is 0.851. The van der Waals surface area contributed by atoms with Crippen molar-refractivity contribution >= 4 is 19.2 Å². The van der Waals surface area contributed by atoms with Crippen molar-refractivity contribution in [3.8, 4) is 12.1 Å². The van der Waals surface area contributed by atoms with Crippen LogP contribution in [0, 0.1) is 28.6 Å². The Hall–Kier alpha value is -2.18. The number of anilines is 1. The maximum absolute atomic E-state index is 13.0. The number of fused-ring (bicyclic) bond motifs is 1. The molecule has 0 fully saturated rings. The standard InChI is InChI=1S/C13H12N3O4P/c1-19-21(18,20-2)13(9(7-14)8-15)10-5-3-4-6-11(10)16-12(13)17/h3-6,9H,1-2H3,(H,16,17)/t13-/m0/s1. The van der Waals surface area contributed by atoms with Crippen LogP contribution in [0.4, 0.5) is 5.69 Å². The molecule has 0 saturated heterocycles. The fourth-order valence-corrected chi connectivity index (χ4v) is 4.51. The molecule has 7 nitrogen and oxygen atoms in total. The van der Waals surface area contributed by atoms with Crippen molar-refractivity contribution in [3.05, 3.63) is 29.8 Å². The summed E-state index contributed by atoms with van der Waals surface area (Å²) in [6, 6.07) is 9.87. The first-order valence-electron chi connectivity index (χ1n) is 5.93. The summed E-state index contributed by atoms with van der Waals surface area (Å²) >= 11 is 0. The van der Waals surface area contributed by atoms with E-state index < -0.39 is 24.6 Å². The van der Waals surface area contributed by atoms with E-state index in [9.17, 15) is 19.9 Å². The zero-order valence-electron chi connectivity index (χ0n) is 11.4. The van der Waals surface area contributed by atoms with E-state index in [2.05, 4.69) is 5.32 Å². The third kappa shape index (κ3) is 1.80. The molecule has 1 aliphatic heterocycles. The first-order chi connectivity index (χ1) is 10.0. The zero-order chi connectivity index (χ0) is 15.7. The fraction of sp³-hybridized carbons (Fsp3) is 0.308. The molecule has 0 spiro atoms. The number of benzene rings is 1. The Balaban J connectivity index is 2.88. The molecule has 1 atom stereocenters. The summed E-state index contributed by atoms with van der Waals surface area (Å²) in [4.78, 5) is 12.5.